The highest BCUT2D eigenvalue weighted by Crippen LogP contribution is 2.48. The molecule has 1 aromatic heterocycles. The van der Waals surface area contributed by atoms with Crippen LogP contribution < -0.4 is 4.90 Å². The molecule has 1 aromatic carbocycles. The van der Waals surface area contributed by atoms with Crippen LogP contribution in [0.15, 0.2) is 42.5 Å². The zero-order chi connectivity index (χ0) is 21.4. The van der Waals surface area contributed by atoms with Crippen LogP contribution in [0.3, 0.4) is 0 Å². The molecule has 2 bridgehead atoms. The second kappa shape index (κ2) is 8.27. The lowest BCUT2D eigenvalue weighted by Gasteiger charge is -2.54. The Balaban J connectivity index is 1.57. The molecular formula is C26H31N3O2. The summed E-state index contributed by atoms with van der Waals surface area (Å²) in [7, 11) is 1.77. The smallest absolute Gasteiger partial charge is 0.128 e. The Morgan fingerprint density at radius 1 is 1.13 bits per heavy atom. The molecule has 162 valence electrons. The highest BCUT2D eigenvalue weighted by molar-refractivity contribution is 5.47. The molecule has 4 fully saturated rings. The molecule has 0 spiro atoms. The number of terminal acetylenes is 1. The minimum Gasteiger partial charge on any atom is -0.382 e. The van der Waals surface area contributed by atoms with Gasteiger partial charge >= 0.3 is 0 Å². The summed E-state index contributed by atoms with van der Waals surface area (Å²) in [6, 6.07) is 14.2. The van der Waals surface area contributed by atoms with Gasteiger partial charge in [-0.2, -0.15) is 0 Å². The second-order valence-electron chi connectivity index (χ2n) is 9.12. The van der Waals surface area contributed by atoms with Crippen LogP contribution in [0, 0.1) is 18.3 Å². The molecule has 0 amide bonds. The van der Waals surface area contributed by atoms with Gasteiger partial charge in [0.15, 0.2) is 0 Å². The van der Waals surface area contributed by atoms with Crippen molar-refractivity contribution in [2.75, 3.05) is 38.2 Å². The van der Waals surface area contributed by atoms with E-state index in [1.54, 1.807) is 7.11 Å². The van der Waals surface area contributed by atoms with Crippen LogP contribution in [0.1, 0.15) is 36.1 Å². The van der Waals surface area contributed by atoms with Crippen molar-refractivity contribution in [2.45, 2.75) is 43.4 Å². The average molecular weight is 418 g/mol. The maximum atomic E-state index is 12.1. The van der Waals surface area contributed by atoms with Crippen LogP contribution in [0.4, 0.5) is 5.82 Å². The minimum absolute atomic E-state index is 0.172. The normalized spacial score (nSPS) is 32.2. The molecule has 5 heteroatoms. The standard InChI is InChI=1S/C26H31N3O2/c1-3-24-26(30,20-11-14-28(24)15-12-20)22-9-10-25(29-16-13-21(18-29)31-2)27-23(22)17-19-7-5-4-6-8-19/h1,4-10,20-21,24,30H,11-18H2,2H3. The van der Waals surface area contributed by atoms with E-state index in [1.807, 2.05) is 6.07 Å². The number of fused-ring (bicyclic) bond motifs is 3. The van der Waals surface area contributed by atoms with Gasteiger partial charge in [-0.05, 0) is 49.9 Å². The van der Waals surface area contributed by atoms with Gasteiger partial charge in [-0.1, -0.05) is 42.3 Å². The molecule has 0 aliphatic carbocycles. The Morgan fingerprint density at radius 2 is 1.90 bits per heavy atom. The van der Waals surface area contributed by atoms with Crippen molar-refractivity contribution in [3.63, 3.8) is 0 Å². The summed E-state index contributed by atoms with van der Waals surface area (Å²) in [6.07, 6.45) is 9.85. The van der Waals surface area contributed by atoms with E-state index in [1.165, 1.54) is 5.56 Å². The number of rotatable bonds is 5. The lowest BCUT2D eigenvalue weighted by Crippen LogP contribution is -2.63. The van der Waals surface area contributed by atoms with Crippen molar-refractivity contribution in [2.24, 2.45) is 5.92 Å². The number of pyridine rings is 1. The molecule has 4 aliphatic rings. The van der Waals surface area contributed by atoms with Gasteiger partial charge in [0.1, 0.15) is 17.5 Å². The van der Waals surface area contributed by atoms with Crippen molar-refractivity contribution in [1.82, 2.24) is 9.88 Å². The third-order valence-corrected chi connectivity index (χ3v) is 7.50. The number of hydrogen-bond acceptors (Lipinski definition) is 5. The first-order chi connectivity index (χ1) is 15.1. The molecule has 0 radical (unpaired) electrons. The Bertz CT molecular complexity index is 964. The summed E-state index contributed by atoms with van der Waals surface area (Å²) >= 11 is 0. The molecule has 1 N–H and O–H groups in total. The molecule has 5 nitrogen and oxygen atoms in total. The highest BCUT2D eigenvalue weighted by Gasteiger charge is 2.54. The number of methoxy groups -OCH3 is 1. The lowest BCUT2D eigenvalue weighted by atomic mass is 9.66. The molecule has 5 heterocycles. The van der Waals surface area contributed by atoms with Crippen LogP contribution in [-0.4, -0.2) is 60.4 Å². The van der Waals surface area contributed by atoms with Crippen molar-refractivity contribution in [1.29, 1.82) is 0 Å². The van der Waals surface area contributed by atoms with Crippen molar-refractivity contribution >= 4 is 5.82 Å². The van der Waals surface area contributed by atoms with Crippen LogP contribution in [-0.2, 0) is 16.8 Å². The Morgan fingerprint density at radius 3 is 2.58 bits per heavy atom. The third-order valence-electron chi connectivity index (χ3n) is 7.50. The van der Waals surface area contributed by atoms with Crippen molar-refractivity contribution < 1.29 is 9.84 Å². The van der Waals surface area contributed by atoms with Gasteiger partial charge < -0.3 is 14.7 Å². The number of ether oxygens (including phenoxy) is 1. The fourth-order valence-electron chi connectivity index (χ4n) is 5.78. The summed E-state index contributed by atoms with van der Waals surface area (Å²) < 4.78 is 5.55. The fraction of sp³-hybridized carbons (Fsp3) is 0.500. The summed E-state index contributed by atoms with van der Waals surface area (Å²) in [5.41, 5.74) is 1.97. The van der Waals surface area contributed by atoms with E-state index in [-0.39, 0.29) is 18.1 Å². The predicted molar refractivity (Wildman–Crippen MR) is 122 cm³/mol. The van der Waals surface area contributed by atoms with Gasteiger partial charge in [0.2, 0.25) is 0 Å². The number of aliphatic hydroxyl groups is 1. The van der Waals surface area contributed by atoms with E-state index in [9.17, 15) is 5.11 Å². The molecular weight excluding hydrogens is 386 g/mol. The van der Waals surface area contributed by atoms with E-state index < -0.39 is 5.60 Å². The van der Waals surface area contributed by atoms with E-state index >= 15 is 0 Å². The van der Waals surface area contributed by atoms with Gasteiger partial charge in [-0.25, -0.2) is 4.98 Å². The predicted octanol–water partition coefficient (Wildman–Crippen LogP) is 2.81. The Kier molecular flexibility index (Phi) is 5.47. The van der Waals surface area contributed by atoms with Gasteiger partial charge in [-0.15, -0.1) is 6.42 Å². The van der Waals surface area contributed by atoms with Gasteiger partial charge in [-0.3, -0.25) is 4.90 Å². The maximum Gasteiger partial charge on any atom is 0.128 e. The molecule has 31 heavy (non-hydrogen) atoms. The topological polar surface area (TPSA) is 48.8 Å². The summed E-state index contributed by atoms with van der Waals surface area (Å²) in [4.78, 5) is 9.67. The number of nitrogens with zero attached hydrogens (tertiary/aromatic N) is 3. The number of hydrogen-bond donors (Lipinski definition) is 1. The zero-order valence-corrected chi connectivity index (χ0v) is 18.2. The largest absolute Gasteiger partial charge is 0.382 e. The second-order valence-corrected chi connectivity index (χ2v) is 9.12. The quantitative estimate of drug-likeness (QED) is 0.758. The molecule has 3 atom stereocenters. The van der Waals surface area contributed by atoms with Crippen LogP contribution in [0.5, 0.6) is 0 Å². The minimum atomic E-state index is -1.05. The van der Waals surface area contributed by atoms with Crippen LogP contribution in [0.2, 0.25) is 0 Å². The first-order valence-corrected chi connectivity index (χ1v) is 11.4. The average Bonchev–Trinajstić information content (AvgIpc) is 3.30. The molecule has 4 saturated heterocycles. The van der Waals surface area contributed by atoms with E-state index in [4.69, 9.17) is 16.1 Å². The van der Waals surface area contributed by atoms with E-state index in [0.717, 1.165) is 62.5 Å². The maximum absolute atomic E-state index is 12.1. The first kappa shape index (κ1) is 20.5. The molecule has 0 saturated carbocycles. The van der Waals surface area contributed by atoms with Crippen molar-refractivity contribution in [3.05, 3.63) is 59.3 Å². The number of piperidine rings is 3. The molecule has 6 rings (SSSR count). The summed E-state index contributed by atoms with van der Waals surface area (Å²) in [5.74, 6) is 4.05. The monoisotopic (exact) mass is 417 g/mol. The fourth-order valence-corrected chi connectivity index (χ4v) is 5.78. The Hall–Kier alpha value is -2.39. The lowest BCUT2D eigenvalue weighted by molar-refractivity contribution is -0.143. The zero-order valence-electron chi connectivity index (χ0n) is 18.2. The summed E-state index contributed by atoms with van der Waals surface area (Å²) in [5, 5.41) is 12.1. The van der Waals surface area contributed by atoms with Gasteiger partial charge in [0.05, 0.1) is 11.8 Å². The number of aromatic nitrogens is 1. The summed E-state index contributed by atoms with van der Waals surface area (Å²) in [6.45, 7) is 3.71. The number of anilines is 1. The highest BCUT2D eigenvalue weighted by atomic mass is 16.5. The Labute approximate surface area is 185 Å². The molecule has 4 aliphatic heterocycles. The van der Waals surface area contributed by atoms with Gasteiger partial charge in [0.25, 0.3) is 0 Å². The van der Waals surface area contributed by atoms with Crippen molar-refractivity contribution in [3.8, 4) is 12.3 Å². The van der Waals surface area contributed by atoms with Gasteiger partial charge in [0, 0.05) is 32.2 Å². The van der Waals surface area contributed by atoms with E-state index in [0.29, 0.717) is 6.42 Å². The number of benzene rings is 1. The third kappa shape index (κ3) is 3.53. The molecule has 2 aromatic rings. The van der Waals surface area contributed by atoms with Crippen LogP contribution in [0.25, 0.3) is 0 Å². The first-order valence-electron chi connectivity index (χ1n) is 11.4. The molecule has 3 unspecified atom stereocenters. The SMILES string of the molecule is C#CC1N2CCC(CC2)C1(O)c1ccc(N2CCC(OC)C2)nc1Cc1ccccc1. The van der Waals surface area contributed by atoms with Crippen LogP contribution >= 0.6 is 0 Å². The van der Waals surface area contributed by atoms with E-state index in [2.05, 4.69) is 52.1 Å².